The van der Waals surface area contributed by atoms with Crippen LogP contribution in [0.1, 0.15) is 11.1 Å². The third-order valence-corrected chi connectivity index (χ3v) is 4.61. The Morgan fingerprint density at radius 1 is 1.18 bits per heavy atom. The Bertz CT molecular complexity index is 898. The average Bonchev–Trinajstić information content (AvgIpc) is 2.73. The number of nitrogens with one attached hydrogen (secondary N) is 1. The van der Waals surface area contributed by atoms with Gasteiger partial charge < -0.3 is 15.0 Å². The molecule has 0 radical (unpaired) electrons. The molecule has 28 heavy (non-hydrogen) atoms. The molecule has 2 aromatic rings. The fourth-order valence-corrected chi connectivity index (χ4v) is 3.17. The molecule has 0 fully saturated rings. The number of nitrogens with zero attached hydrogens (tertiary/aromatic N) is 1. The molecule has 2 aromatic carbocycles. The number of hydrogen-bond acceptors (Lipinski definition) is 3. The summed E-state index contributed by atoms with van der Waals surface area (Å²) in [4.78, 5) is 14.7. The van der Waals surface area contributed by atoms with Crippen molar-refractivity contribution in [3.63, 3.8) is 0 Å². The molecule has 1 aliphatic rings. The van der Waals surface area contributed by atoms with Crippen molar-refractivity contribution in [3.8, 4) is 5.75 Å². The highest BCUT2D eigenvalue weighted by Crippen LogP contribution is 2.25. The van der Waals surface area contributed by atoms with Crippen molar-refractivity contribution < 1.29 is 9.53 Å². The molecule has 0 unspecified atom stereocenters. The summed E-state index contributed by atoms with van der Waals surface area (Å²) in [6, 6.07) is 17.9. The van der Waals surface area contributed by atoms with Gasteiger partial charge in [-0.25, -0.2) is 0 Å². The molecule has 0 spiro atoms. The maximum Gasteiger partial charge on any atom is 0.244 e. The van der Waals surface area contributed by atoms with Gasteiger partial charge in [0, 0.05) is 26.2 Å². The van der Waals surface area contributed by atoms with E-state index in [2.05, 4.69) is 16.3 Å². The second-order valence-corrected chi connectivity index (χ2v) is 6.77. The van der Waals surface area contributed by atoms with Crippen molar-refractivity contribution in [3.05, 3.63) is 95.7 Å². The smallest absolute Gasteiger partial charge is 0.244 e. The highest BCUT2D eigenvalue weighted by molar-refractivity contribution is 5.99. The summed E-state index contributed by atoms with van der Waals surface area (Å²) in [7, 11) is 3.68. The molecule has 4 heteroatoms. The lowest BCUT2D eigenvalue weighted by molar-refractivity contribution is -0.116. The van der Waals surface area contributed by atoms with Crippen LogP contribution in [-0.4, -0.2) is 38.1 Å². The van der Waals surface area contributed by atoms with Crippen LogP contribution >= 0.6 is 0 Å². The van der Waals surface area contributed by atoms with E-state index < -0.39 is 0 Å². The Balaban J connectivity index is 1.70. The molecule has 1 N–H and O–H groups in total. The van der Waals surface area contributed by atoms with Gasteiger partial charge in [0.05, 0.1) is 7.11 Å². The zero-order chi connectivity index (χ0) is 19.8. The summed E-state index contributed by atoms with van der Waals surface area (Å²) >= 11 is 0. The van der Waals surface area contributed by atoms with Crippen LogP contribution in [0.3, 0.4) is 0 Å². The summed E-state index contributed by atoms with van der Waals surface area (Å²) in [5.74, 6) is 0.747. The van der Waals surface area contributed by atoms with E-state index in [9.17, 15) is 4.79 Å². The molecule has 0 saturated heterocycles. The lowest BCUT2D eigenvalue weighted by Crippen LogP contribution is -2.24. The Labute approximate surface area is 166 Å². The first-order valence-electron chi connectivity index (χ1n) is 9.41. The van der Waals surface area contributed by atoms with E-state index >= 15 is 0 Å². The number of benzene rings is 2. The minimum Gasteiger partial charge on any atom is -0.497 e. The van der Waals surface area contributed by atoms with Crippen LogP contribution < -0.4 is 10.1 Å². The van der Waals surface area contributed by atoms with Gasteiger partial charge in [0.1, 0.15) is 5.75 Å². The predicted octanol–water partition coefficient (Wildman–Crippen LogP) is 3.82. The van der Waals surface area contributed by atoms with E-state index in [1.165, 1.54) is 0 Å². The molecule has 4 nitrogen and oxygen atoms in total. The molecule has 144 valence electrons. The Kier molecular flexibility index (Phi) is 6.68. The summed E-state index contributed by atoms with van der Waals surface area (Å²) in [5, 5.41) is 3.00. The summed E-state index contributed by atoms with van der Waals surface area (Å²) < 4.78 is 5.25. The number of carbonyl (C=O) groups excluding carboxylic acids is 1. The standard InChI is InChI=1S/C24H26N2O2/c1-26-15-7-11-21(18-26)23(20-9-4-3-5-10-20)17-24(27)25-14-13-19-8-6-12-22(16-19)28-2/h3-12,15-17H,13-14,18H2,1-2H3,(H,25,27)/b23-17-. The minimum absolute atomic E-state index is 0.0835. The number of likely N-dealkylation sites (N-methyl/N-ethyl adjacent to an activating group) is 1. The number of ether oxygens (including phenoxy) is 1. The largest absolute Gasteiger partial charge is 0.497 e. The van der Waals surface area contributed by atoms with Crippen LogP contribution in [0.15, 0.2) is 84.6 Å². The highest BCUT2D eigenvalue weighted by atomic mass is 16.5. The van der Waals surface area contributed by atoms with Gasteiger partial charge in [-0.3, -0.25) is 4.79 Å². The SMILES string of the molecule is COc1cccc(CCNC(=O)/C=C(\C2=CC=CN(C)C2)c2ccccc2)c1. The van der Waals surface area contributed by atoms with Gasteiger partial charge in [-0.15, -0.1) is 0 Å². The second-order valence-electron chi connectivity index (χ2n) is 6.77. The lowest BCUT2D eigenvalue weighted by Gasteiger charge is -2.22. The summed E-state index contributed by atoms with van der Waals surface area (Å²) in [6.45, 7) is 1.34. The molecule has 0 atom stereocenters. The highest BCUT2D eigenvalue weighted by Gasteiger charge is 2.13. The maximum atomic E-state index is 12.6. The molecular formula is C24H26N2O2. The molecule has 0 aliphatic carbocycles. The molecular weight excluding hydrogens is 348 g/mol. The second kappa shape index (κ2) is 9.60. The Hall–Kier alpha value is -3.27. The monoisotopic (exact) mass is 374 g/mol. The van der Waals surface area contributed by atoms with E-state index in [4.69, 9.17) is 4.74 Å². The molecule has 0 saturated carbocycles. The average molecular weight is 374 g/mol. The Morgan fingerprint density at radius 2 is 2.00 bits per heavy atom. The van der Waals surface area contributed by atoms with Crippen molar-refractivity contribution in [1.29, 1.82) is 0 Å². The normalized spacial score (nSPS) is 13.9. The van der Waals surface area contributed by atoms with E-state index in [1.807, 2.05) is 73.9 Å². The van der Waals surface area contributed by atoms with Gasteiger partial charge in [-0.1, -0.05) is 48.5 Å². The van der Waals surface area contributed by atoms with E-state index in [-0.39, 0.29) is 5.91 Å². The number of hydrogen-bond donors (Lipinski definition) is 1. The predicted molar refractivity (Wildman–Crippen MR) is 114 cm³/mol. The first-order chi connectivity index (χ1) is 13.7. The third kappa shape index (κ3) is 5.36. The van der Waals surface area contributed by atoms with Crippen LogP contribution in [0.2, 0.25) is 0 Å². The Morgan fingerprint density at radius 3 is 2.75 bits per heavy atom. The number of carbonyl (C=O) groups is 1. The number of allylic oxidation sites excluding steroid dienone is 2. The fraction of sp³-hybridized carbons (Fsp3) is 0.208. The molecule has 0 aromatic heterocycles. The van der Waals surface area contributed by atoms with E-state index in [1.54, 1.807) is 13.2 Å². The van der Waals surface area contributed by atoms with Crippen molar-refractivity contribution in [2.45, 2.75) is 6.42 Å². The van der Waals surface area contributed by atoms with Gasteiger partial charge >= 0.3 is 0 Å². The molecule has 1 heterocycles. The summed E-state index contributed by atoms with van der Waals surface area (Å²) in [6.07, 6.45) is 8.57. The number of amides is 1. The van der Waals surface area contributed by atoms with Gasteiger partial charge in [0.15, 0.2) is 0 Å². The topological polar surface area (TPSA) is 41.6 Å². The summed E-state index contributed by atoms with van der Waals surface area (Å²) in [5.41, 5.74) is 4.25. The van der Waals surface area contributed by atoms with Crippen LogP contribution in [-0.2, 0) is 11.2 Å². The van der Waals surface area contributed by atoms with Gasteiger partial charge in [0.25, 0.3) is 0 Å². The third-order valence-electron chi connectivity index (χ3n) is 4.61. The van der Waals surface area contributed by atoms with Crippen LogP contribution in [0.25, 0.3) is 5.57 Å². The van der Waals surface area contributed by atoms with Crippen LogP contribution in [0.5, 0.6) is 5.75 Å². The molecule has 3 rings (SSSR count). The van der Waals surface area contributed by atoms with Gasteiger partial charge in [-0.2, -0.15) is 0 Å². The van der Waals surface area contributed by atoms with Crippen molar-refractivity contribution in [1.82, 2.24) is 10.2 Å². The maximum absolute atomic E-state index is 12.6. The van der Waals surface area contributed by atoms with Crippen LogP contribution in [0, 0.1) is 0 Å². The molecule has 1 aliphatic heterocycles. The first kappa shape index (κ1) is 19.5. The van der Waals surface area contributed by atoms with Crippen LogP contribution in [0.4, 0.5) is 0 Å². The zero-order valence-corrected chi connectivity index (χ0v) is 16.4. The quantitative estimate of drug-likeness (QED) is 0.749. The minimum atomic E-state index is -0.0835. The lowest BCUT2D eigenvalue weighted by atomic mass is 9.95. The number of rotatable bonds is 7. The van der Waals surface area contributed by atoms with Crippen molar-refractivity contribution >= 4 is 11.5 Å². The zero-order valence-electron chi connectivity index (χ0n) is 16.4. The van der Waals surface area contributed by atoms with E-state index in [0.717, 1.165) is 41.0 Å². The molecule has 1 amide bonds. The van der Waals surface area contributed by atoms with Gasteiger partial charge in [-0.05, 0) is 53.1 Å². The fourth-order valence-electron chi connectivity index (χ4n) is 3.17. The van der Waals surface area contributed by atoms with E-state index in [0.29, 0.717) is 6.54 Å². The molecule has 0 bridgehead atoms. The van der Waals surface area contributed by atoms with Gasteiger partial charge in [0.2, 0.25) is 5.91 Å². The van der Waals surface area contributed by atoms with Crippen molar-refractivity contribution in [2.24, 2.45) is 0 Å². The first-order valence-corrected chi connectivity index (χ1v) is 9.41. The number of methoxy groups -OCH3 is 1. The van der Waals surface area contributed by atoms with Crippen molar-refractivity contribution in [2.75, 3.05) is 27.2 Å².